The summed E-state index contributed by atoms with van der Waals surface area (Å²) >= 11 is 7.04. The molecule has 0 aromatic heterocycles. The average molecular weight is 211 g/mol. The predicted molar refractivity (Wildman–Crippen MR) is 29.2 cm³/mol. The Morgan fingerprint density at radius 1 is 1.38 bits per heavy atom. The largest absolute Gasteiger partial charge is 0.417 e. The second-order valence-corrected chi connectivity index (χ2v) is 4.18. The smallest absolute Gasteiger partial charge is 0.168 e. The van der Waals surface area contributed by atoms with Crippen LogP contribution in [0, 0.1) is 0 Å². The van der Waals surface area contributed by atoms with Gasteiger partial charge in [0.1, 0.15) is 0 Å². The number of alkyl halides is 5. The highest BCUT2D eigenvalue weighted by Crippen LogP contribution is 2.40. The van der Waals surface area contributed by atoms with E-state index in [0.717, 1.165) is 6.92 Å². The first kappa shape index (κ1) is 8.56. The van der Waals surface area contributed by atoms with Crippen LogP contribution in [0.3, 0.4) is 0 Å². The van der Waals surface area contributed by atoms with Crippen molar-refractivity contribution in [2.75, 3.05) is 0 Å². The second-order valence-electron chi connectivity index (χ2n) is 1.39. The SMILES string of the molecule is CC(Cl)(Br)C(F)(F)F. The van der Waals surface area contributed by atoms with Crippen molar-refractivity contribution >= 4 is 27.5 Å². The van der Waals surface area contributed by atoms with Crippen LogP contribution in [0.15, 0.2) is 0 Å². The van der Waals surface area contributed by atoms with E-state index >= 15 is 0 Å². The molecule has 0 heterocycles. The summed E-state index contributed by atoms with van der Waals surface area (Å²) in [5, 5.41) is 0. The molecular formula is C3H3BrClF3. The van der Waals surface area contributed by atoms with E-state index in [9.17, 15) is 13.2 Å². The Hall–Kier alpha value is 0.560. The molecule has 1 atom stereocenters. The number of rotatable bonds is 0. The zero-order valence-corrected chi connectivity index (χ0v) is 6.23. The molecule has 0 bridgehead atoms. The van der Waals surface area contributed by atoms with Crippen LogP contribution < -0.4 is 0 Å². The Morgan fingerprint density at radius 3 is 1.50 bits per heavy atom. The summed E-state index contributed by atoms with van der Waals surface area (Å²) < 4.78 is 31.9. The fraction of sp³-hybridized carbons (Fsp3) is 1.00. The molecule has 0 aliphatic carbocycles. The summed E-state index contributed by atoms with van der Waals surface area (Å²) in [4.78, 5) is 0. The summed E-state index contributed by atoms with van der Waals surface area (Å²) in [7, 11) is 0. The molecule has 0 aliphatic heterocycles. The highest BCUT2D eigenvalue weighted by Gasteiger charge is 2.47. The molecular weight excluding hydrogens is 208 g/mol. The highest BCUT2D eigenvalue weighted by molar-refractivity contribution is 9.10. The van der Waals surface area contributed by atoms with Gasteiger partial charge in [-0.2, -0.15) is 13.2 Å². The molecule has 0 aromatic rings. The van der Waals surface area contributed by atoms with Gasteiger partial charge in [0.05, 0.1) is 0 Å². The Bertz CT molecular complexity index is 69.5. The highest BCUT2D eigenvalue weighted by atomic mass is 79.9. The van der Waals surface area contributed by atoms with E-state index in [2.05, 4.69) is 15.9 Å². The van der Waals surface area contributed by atoms with Gasteiger partial charge in [0.15, 0.2) is 3.78 Å². The third kappa shape index (κ3) is 2.22. The quantitative estimate of drug-likeness (QED) is 0.541. The van der Waals surface area contributed by atoms with Crippen molar-refractivity contribution in [1.29, 1.82) is 0 Å². The number of hydrogen-bond donors (Lipinski definition) is 0. The van der Waals surface area contributed by atoms with Gasteiger partial charge < -0.3 is 0 Å². The Kier molecular flexibility index (Phi) is 2.21. The second kappa shape index (κ2) is 2.06. The normalized spacial score (nSPS) is 20.2. The number of hydrogen-bond acceptors (Lipinski definition) is 0. The first-order valence-corrected chi connectivity index (χ1v) is 2.87. The molecule has 0 amide bonds. The fourth-order valence-corrected chi connectivity index (χ4v) is 0. The zero-order valence-electron chi connectivity index (χ0n) is 3.89. The minimum atomic E-state index is -4.38. The van der Waals surface area contributed by atoms with Crippen molar-refractivity contribution in [3.05, 3.63) is 0 Å². The van der Waals surface area contributed by atoms with Crippen molar-refractivity contribution in [2.24, 2.45) is 0 Å². The molecule has 0 aromatic carbocycles. The molecule has 1 unspecified atom stereocenters. The molecule has 0 rings (SSSR count). The van der Waals surface area contributed by atoms with Gasteiger partial charge >= 0.3 is 6.18 Å². The maximum Gasteiger partial charge on any atom is 0.417 e. The van der Waals surface area contributed by atoms with Crippen molar-refractivity contribution < 1.29 is 13.2 Å². The maximum absolute atomic E-state index is 11.4. The van der Waals surface area contributed by atoms with Gasteiger partial charge in [-0.25, -0.2) is 0 Å². The lowest BCUT2D eigenvalue weighted by atomic mass is 10.5. The van der Waals surface area contributed by atoms with E-state index in [1.807, 2.05) is 0 Å². The lowest BCUT2D eigenvalue weighted by Crippen LogP contribution is -2.29. The molecule has 0 nitrogen and oxygen atoms in total. The van der Waals surface area contributed by atoms with Gasteiger partial charge in [0, 0.05) is 0 Å². The Labute approximate surface area is 58.1 Å². The van der Waals surface area contributed by atoms with Gasteiger partial charge in [0.25, 0.3) is 0 Å². The van der Waals surface area contributed by atoms with Crippen molar-refractivity contribution in [3.8, 4) is 0 Å². The van der Waals surface area contributed by atoms with Crippen molar-refractivity contribution in [3.63, 3.8) is 0 Å². The zero-order chi connectivity index (χ0) is 7.00. The molecule has 5 heteroatoms. The van der Waals surface area contributed by atoms with Crippen LogP contribution in [0.1, 0.15) is 6.92 Å². The molecule has 8 heavy (non-hydrogen) atoms. The van der Waals surface area contributed by atoms with E-state index in [1.165, 1.54) is 0 Å². The molecule has 0 radical (unpaired) electrons. The van der Waals surface area contributed by atoms with E-state index in [4.69, 9.17) is 11.6 Å². The average Bonchev–Trinajstić information content (AvgIpc) is 1.25. The first-order valence-electron chi connectivity index (χ1n) is 1.69. The van der Waals surface area contributed by atoms with Gasteiger partial charge in [-0.1, -0.05) is 27.5 Å². The van der Waals surface area contributed by atoms with Gasteiger partial charge in [-0.15, -0.1) is 0 Å². The minimum Gasteiger partial charge on any atom is -0.168 e. The molecule has 0 aliphatic rings. The fourth-order valence-electron chi connectivity index (χ4n) is 0. The molecule has 0 N–H and O–H groups in total. The lowest BCUT2D eigenvalue weighted by molar-refractivity contribution is -0.133. The molecule has 0 spiro atoms. The van der Waals surface area contributed by atoms with Gasteiger partial charge in [0.2, 0.25) is 0 Å². The Morgan fingerprint density at radius 2 is 1.50 bits per heavy atom. The van der Waals surface area contributed by atoms with Crippen LogP contribution in [0.4, 0.5) is 13.2 Å². The van der Waals surface area contributed by atoms with Crippen LogP contribution >= 0.6 is 27.5 Å². The van der Waals surface area contributed by atoms with Crippen LogP contribution in [-0.2, 0) is 0 Å². The topological polar surface area (TPSA) is 0 Å². The van der Waals surface area contributed by atoms with E-state index in [-0.39, 0.29) is 0 Å². The molecule has 0 saturated carbocycles. The third-order valence-electron chi connectivity index (χ3n) is 0.498. The summed E-state index contributed by atoms with van der Waals surface area (Å²) in [5.41, 5.74) is 0. The Balaban J connectivity index is 4.02. The van der Waals surface area contributed by atoms with E-state index < -0.39 is 9.96 Å². The van der Waals surface area contributed by atoms with E-state index in [0.29, 0.717) is 0 Å². The van der Waals surface area contributed by atoms with Crippen molar-refractivity contribution in [2.45, 2.75) is 16.9 Å². The summed E-state index contributed by atoms with van der Waals surface area (Å²) in [6, 6.07) is 0. The first-order chi connectivity index (χ1) is 3.25. The third-order valence-corrected chi connectivity index (χ3v) is 1.16. The predicted octanol–water partition coefficient (Wildman–Crippen LogP) is 2.90. The molecule has 0 fully saturated rings. The summed E-state index contributed by atoms with van der Waals surface area (Å²) in [6.07, 6.45) is -4.38. The van der Waals surface area contributed by atoms with Crippen LogP contribution in [-0.4, -0.2) is 9.96 Å². The van der Waals surface area contributed by atoms with Crippen LogP contribution in [0.2, 0.25) is 0 Å². The summed E-state index contributed by atoms with van der Waals surface area (Å²) in [5.74, 6) is 0. The maximum atomic E-state index is 11.4. The summed E-state index contributed by atoms with van der Waals surface area (Å²) in [6.45, 7) is 0.828. The van der Waals surface area contributed by atoms with Crippen LogP contribution in [0.25, 0.3) is 0 Å². The number of halogens is 5. The molecule has 0 saturated heterocycles. The minimum absolute atomic E-state index is 0.828. The monoisotopic (exact) mass is 210 g/mol. The van der Waals surface area contributed by atoms with Crippen LogP contribution in [0.5, 0.6) is 0 Å². The van der Waals surface area contributed by atoms with Crippen molar-refractivity contribution in [1.82, 2.24) is 0 Å². The standard InChI is InChI=1S/C3H3BrClF3/c1-2(4,5)3(6,7)8/h1H3. The van der Waals surface area contributed by atoms with E-state index in [1.54, 1.807) is 0 Å². The molecule has 50 valence electrons. The lowest BCUT2D eigenvalue weighted by Gasteiger charge is -2.16. The van der Waals surface area contributed by atoms with Gasteiger partial charge in [-0.05, 0) is 6.92 Å². The van der Waals surface area contributed by atoms with Gasteiger partial charge in [-0.3, -0.25) is 0 Å².